The smallest absolute Gasteiger partial charge is 0.246 e. The predicted molar refractivity (Wildman–Crippen MR) is 102 cm³/mol. The Kier molecular flexibility index (Phi) is 6.38. The van der Waals surface area contributed by atoms with Gasteiger partial charge in [0.15, 0.2) is 0 Å². The Hall–Kier alpha value is -1.09. The first kappa shape index (κ1) is 18.7. The molecule has 0 aliphatic heterocycles. The summed E-state index contributed by atoms with van der Waals surface area (Å²) in [4.78, 5) is 12.3. The summed E-state index contributed by atoms with van der Waals surface area (Å²) in [6.07, 6.45) is 13.3. The Morgan fingerprint density at radius 2 is 1.64 bits per heavy atom. The molecule has 4 bridgehead atoms. The van der Waals surface area contributed by atoms with Gasteiger partial charge in [0, 0.05) is 6.04 Å². The largest absolute Gasteiger partial charge is 0.368 e. The van der Waals surface area contributed by atoms with Gasteiger partial charge in [-0.2, -0.15) is 0 Å². The second-order valence-corrected chi connectivity index (χ2v) is 8.91. The van der Waals surface area contributed by atoms with Gasteiger partial charge in [-0.1, -0.05) is 23.3 Å². The van der Waals surface area contributed by atoms with E-state index in [1.165, 1.54) is 43.3 Å². The highest BCUT2D eigenvalue weighted by atomic mass is 16.5. The molecule has 0 aromatic heterocycles. The molecule has 0 spiro atoms. The minimum absolute atomic E-state index is 0.0769. The Balaban J connectivity index is 1.34. The highest BCUT2D eigenvalue weighted by molar-refractivity contribution is 5.77. The lowest BCUT2D eigenvalue weighted by molar-refractivity contribution is -0.129. The van der Waals surface area contributed by atoms with Crippen LogP contribution >= 0.6 is 0 Å². The van der Waals surface area contributed by atoms with Gasteiger partial charge < -0.3 is 10.1 Å². The van der Waals surface area contributed by atoms with Gasteiger partial charge in [-0.15, -0.1) is 0 Å². The fourth-order valence-electron chi connectivity index (χ4n) is 5.43. The molecule has 4 fully saturated rings. The van der Waals surface area contributed by atoms with Gasteiger partial charge in [-0.3, -0.25) is 4.79 Å². The van der Waals surface area contributed by atoms with Crippen LogP contribution in [-0.2, 0) is 9.53 Å². The lowest BCUT2D eigenvalue weighted by Gasteiger charge is -2.54. The van der Waals surface area contributed by atoms with Crippen molar-refractivity contribution in [3.8, 4) is 0 Å². The number of hydrogen-bond acceptors (Lipinski definition) is 2. The lowest BCUT2D eigenvalue weighted by Crippen LogP contribution is -2.56. The summed E-state index contributed by atoms with van der Waals surface area (Å²) < 4.78 is 5.58. The van der Waals surface area contributed by atoms with E-state index in [-0.39, 0.29) is 12.5 Å². The zero-order valence-corrected chi connectivity index (χ0v) is 16.2. The molecule has 4 aliphatic carbocycles. The quantitative estimate of drug-likeness (QED) is 0.514. The third-order valence-electron chi connectivity index (χ3n) is 6.43. The van der Waals surface area contributed by atoms with E-state index in [4.69, 9.17) is 4.74 Å². The van der Waals surface area contributed by atoms with Gasteiger partial charge in [0.2, 0.25) is 5.91 Å². The van der Waals surface area contributed by atoms with Gasteiger partial charge in [-0.25, -0.2) is 0 Å². The fraction of sp³-hybridized carbons (Fsp3) is 0.773. The Bertz CT molecular complexity index is 502. The molecule has 4 aliphatic rings. The molecular weight excluding hydrogens is 310 g/mol. The zero-order valence-electron chi connectivity index (χ0n) is 16.2. The van der Waals surface area contributed by atoms with Crippen LogP contribution in [0.5, 0.6) is 0 Å². The normalized spacial score (nSPS) is 33.4. The highest BCUT2D eigenvalue weighted by Crippen LogP contribution is 2.53. The van der Waals surface area contributed by atoms with Crippen molar-refractivity contribution in [3.63, 3.8) is 0 Å². The molecule has 0 unspecified atom stereocenters. The maximum atomic E-state index is 12.3. The number of allylic oxidation sites excluding steroid dienone is 3. The molecule has 3 heteroatoms. The fourth-order valence-corrected chi connectivity index (χ4v) is 5.43. The summed E-state index contributed by atoms with van der Waals surface area (Å²) in [6, 6.07) is 0.422. The topological polar surface area (TPSA) is 38.3 Å². The SMILES string of the molecule is CC(C)=CCC/C(C)=C/COCC(=O)NC1C2CC3CC(C2)CC1C3. The van der Waals surface area contributed by atoms with Crippen LogP contribution in [-0.4, -0.2) is 25.2 Å². The molecule has 25 heavy (non-hydrogen) atoms. The molecule has 4 saturated carbocycles. The molecule has 0 aromatic rings. The summed E-state index contributed by atoms with van der Waals surface area (Å²) in [7, 11) is 0. The maximum Gasteiger partial charge on any atom is 0.246 e. The van der Waals surface area contributed by atoms with Crippen LogP contribution in [0.4, 0.5) is 0 Å². The number of hydrogen-bond donors (Lipinski definition) is 1. The van der Waals surface area contributed by atoms with E-state index in [0.29, 0.717) is 12.6 Å². The Morgan fingerprint density at radius 1 is 1.00 bits per heavy atom. The number of nitrogens with one attached hydrogen (secondary N) is 1. The van der Waals surface area contributed by atoms with E-state index in [1.807, 2.05) is 0 Å². The summed E-state index contributed by atoms with van der Waals surface area (Å²) in [6.45, 7) is 7.13. The van der Waals surface area contributed by atoms with E-state index < -0.39 is 0 Å². The van der Waals surface area contributed by atoms with Crippen molar-refractivity contribution in [2.45, 2.75) is 71.8 Å². The van der Waals surface area contributed by atoms with Crippen LogP contribution in [0.1, 0.15) is 65.7 Å². The van der Waals surface area contributed by atoms with Gasteiger partial charge in [0.05, 0.1) is 6.61 Å². The standard InChI is InChI=1S/C22H35NO2/c1-15(2)5-4-6-16(3)7-8-25-14-21(24)23-22-19-10-17-9-18(12-19)13-20(22)11-17/h5,7,17-20,22H,4,6,8-14H2,1-3H3,(H,23,24)/b16-7+. The van der Waals surface area contributed by atoms with Crippen molar-refractivity contribution in [1.29, 1.82) is 0 Å². The lowest BCUT2D eigenvalue weighted by atomic mass is 9.54. The van der Waals surface area contributed by atoms with Crippen molar-refractivity contribution in [3.05, 3.63) is 23.3 Å². The molecular formula is C22H35NO2. The molecule has 1 N–H and O–H groups in total. The Morgan fingerprint density at radius 3 is 2.24 bits per heavy atom. The zero-order chi connectivity index (χ0) is 17.8. The van der Waals surface area contributed by atoms with Crippen LogP contribution in [0.15, 0.2) is 23.3 Å². The molecule has 4 rings (SSSR count). The maximum absolute atomic E-state index is 12.3. The number of amides is 1. The van der Waals surface area contributed by atoms with Crippen molar-refractivity contribution >= 4 is 5.91 Å². The second kappa shape index (κ2) is 8.53. The average Bonchev–Trinajstić information content (AvgIpc) is 2.54. The van der Waals surface area contributed by atoms with Gasteiger partial charge >= 0.3 is 0 Å². The first-order valence-electron chi connectivity index (χ1n) is 10.2. The van der Waals surface area contributed by atoms with E-state index >= 15 is 0 Å². The number of rotatable bonds is 8. The third-order valence-corrected chi connectivity index (χ3v) is 6.43. The van der Waals surface area contributed by atoms with E-state index in [9.17, 15) is 4.79 Å². The number of carbonyl (C=O) groups is 1. The van der Waals surface area contributed by atoms with Crippen molar-refractivity contribution in [1.82, 2.24) is 5.32 Å². The van der Waals surface area contributed by atoms with Gasteiger partial charge in [0.1, 0.15) is 6.61 Å². The van der Waals surface area contributed by atoms with E-state index in [0.717, 1.165) is 36.5 Å². The summed E-state index contributed by atoms with van der Waals surface area (Å²) in [5.74, 6) is 3.45. The predicted octanol–water partition coefficient (Wildman–Crippen LogP) is 4.64. The first-order chi connectivity index (χ1) is 12.0. The van der Waals surface area contributed by atoms with Crippen molar-refractivity contribution < 1.29 is 9.53 Å². The third kappa shape index (κ3) is 5.20. The van der Waals surface area contributed by atoms with Crippen LogP contribution in [0.2, 0.25) is 0 Å². The molecule has 3 nitrogen and oxygen atoms in total. The van der Waals surface area contributed by atoms with Crippen LogP contribution in [0.3, 0.4) is 0 Å². The van der Waals surface area contributed by atoms with Crippen LogP contribution in [0.25, 0.3) is 0 Å². The van der Waals surface area contributed by atoms with Crippen LogP contribution in [0, 0.1) is 23.7 Å². The molecule has 0 radical (unpaired) electrons. The van der Waals surface area contributed by atoms with E-state index in [2.05, 4.69) is 38.2 Å². The highest BCUT2D eigenvalue weighted by Gasteiger charge is 2.48. The minimum Gasteiger partial charge on any atom is -0.368 e. The summed E-state index contributed by atoms with van der Waals surface area (Å²) >= 11 is 0. The Labute approximate surface area is 153 Å². The number of carbonyl (C=O) groups excluding carboxylic acids is 1. The molecule has 0 saturated heterocycles. The molecule has 140 valence electrons. The second-order valence-electron chi connectivity index (χ2n) is 8.91. The summed E-state index contributed by atoms with van der Waals surface area (Å²) in [5, 5.41) is 3.30. The molecule has 0 heterocycles. The van der Waals surface area contributed by atoms with Crippen LogP contribution < -0.4 is 5.32 Å². The van der Waals surface area contributed by atoms with E-state index in [1.54, 1.807) is 0 Å². The van der Waals surface area contributed by atoms with Gasteiger partial charge in [0.25, 0.3) is 0 Å². The first-order valence-corrected chi connectivity index (χ1v) is 10.2. The number of ether oxygens (including phenoxy) is 1. The van der Waals surface area contributed by atoms with Crippen molar-refractivity contribution in [2.24, 2.45) is 23.7 Å². The molecule has 0 atom stereocenters. The summed E-state index contributed by atoms with van der Waals surface area (Å²) in [5.41, 5.74) is 2.70. The molecule has 0 aromatic carbocycles. The van der Waals surface area contributed by atoms with Crippen molar-refractivity contribution in [2.75, 3.05) is 13.2 Å². The average molecular weight is 346 g/mol. The monoisotopic (exact) mass is 345 g/mol. The molecule has 1 amide bonds. The van der Waals surface area contributed by atoms with Gasteiger partial charge in [-0.05, 0) is 89.4 Å². The minimum atomic E-state index is 0.0769.